The van der Waals surface area contributed by atoms with Gasteiger partial charge in [0.05, 0.1) is 6.61 Å². The van der Waals surface area contributed by atoms with E-state index in [4.69, 9.17) is 0 Å². The summed E-state index contributed by atoms with van der Waals surface area (Å²) in [4.78, 5) is 2.31. The van der Waals surface area contributed by atoms with Crippen molar-refractivity contribution in [3.8, 4) is 0 Å². The van der Waals surface area contributed by atoms with E-state index < -0.39 is 0 Å². The molecule has 1 unspecified atom stereocenters. The molecule has 0 aromatic heterocycles. The quantitative estimate of drug-likeness (QED) is 0.400. The Morgan fingerprint density at radius 3 is 2.64 bits per heavy atom. The van der Waals surface area contributed by atoms with Crippen LogP contribution in [0.25, 0.3) is 0 Å². The summed E-state index contributed by atoms with van der Waals surface area (Å²) in [6.45, 7) is 3.41. The summed E-state index contributed by atoms with van der Waals surface area (Å²) in [5.74, 6) is 0. The highest BCUT2D eigenvalue weighted by Gasteiger charge is 2.51. The molecular weight excluding hydrogens is 289 g/mol. The number of benzene rings is 1. The molecule has 1 saturated heterocycles. The molecule has 3 heteroatoms. The minimum Gasteiger partial charge on any atom is -0.394 e. The van der Waals surface area contributed by atoms with Crippen molar-refractivity contribution in [2.45, 2.75) is 16.5 Å². The van der Waals surface area contributed by atoms with E-state index in [1.807, 2.05) is 6.07 Å². The maximum Gasteiger partial charge on any atom is 0.110 e. The molecule has 0 saturated carbocycles. The Bertz CT molecular complexity index is 316. The van der Waals surface area contributed by atoms with Crippen molar-refractivity contribution in [3.63, 3.8) is 0 Å². The van der Waals surface area contributed by atoms with E-state index in [1.165, 1.54) is 5.56 Å². The van der Waals surface area contributed by atoms with Gasteiger partial charge < -0.3 is 5.11 Å². The van der Waals surface area contributed by atoms with Gasteiger partial charge in [-0.1, -0.05) is 52.9 Å². The fourth-order valence-electron chi connectivity index (χ4n) is 1.76. The molecule has 1 N–H and O–H groups in total. The first-order valence-corrected chi connectivity index (χ1v) is 5.87. The van der Waals surface area contributed by atoms with Crippen LogP contribution in [0, 0.1) is 0 Å². The summed E-state index contributed by atoms with van der Waals surface area (Å²) in [5, 5.41) is 9.18. The Hall–Kier alpha value is -0.130. The van der Waals surface area contributed by atoms with Crippen molar-refractivity contribution >= 4 is 22.6 Å². The third-order valence-corrected chi connectivity index (χ3v) is 4.12. The Labute approximate surface area is 98.1 Å². The summed E-state index contributed by atoms with van der Waals surface area (Å²) < 4.78 is -0.00693. The first kappa shape index (κ1) is 10.4. The maximum absolute atomic E-state index is 9.18. The van der Waals surface area contributed by atoms with Gasteiger partial charge in [0.25, 0.3) is 0 Å². The van der Waals surface area contributed by atoms with E-state index >= 15 is 0 Å². The number of hydrogen-bond acceptors (Lipinski definition) is 2. The molecule has 1 aromatic carbocycles. The zero-order valence-corrected chi connectivity index (χ0v) is 10.3. The smallest absolute Gasteiger partial charge is 0.110 e. The van der Waals surface area contributed by atoms with Crippen LogP contribution < -0.4 is 0 Å². The van der Waals surface area contributed by atoms with E-state index in [0.717, 1.165) is 6.54 Å². The molecule has 76 valence electrons. The fourth-order valence-corrected chi connectivity index (χ4v) is 2.55. The second kappa shape index (κ2) is 3.79. The Morgan fingerprint density at radius 1 is 1.50 bits per heavy atom. The highest BCUT2D eigenvalue weighted by Crippen LogP contribution is 2.45. The molecule has 3 atom stereocenters. The van der Waals surface area contributed by atoms with E-state index in [0.29, 0.717) is 6.04 Å². The van der Waals surface area contributed by atoms with Crippen LogP contribution in [-0.4, -0.2) is 26.7 Å². The first-order chi connectivity index (χ1) is 6.67. The van der Waals surface area contributed by atoms with Gasteiger partial charge in [0.1, 0.15) is 3.55 Å². The Kier molecular flexibility index (Phi) is 2.81. The molecule has 2 nitrogen and oxygen atoms in total. The molecule has 1 aliphatic rings. The number of halogens is 1. The number of aliphatic hydroxyl groups excluding tert-OH is 1. The fraction of sp³-hybridized carbons (Fsp3) is 0.455. The lowest BCUT2D eigenvalue weighted by Crippen LogP contribution is -2.17. The van der Waals surface area contributed by atoms with Crippen molar-refractivity contribution in [2.75, 3.05) is 13.2 Å². The predicted octanol–water partition coefficient (Wildman–Crippen LogP) is 2.19. The Balaban J connectivity index is 2.08. The molecule has 0 spiro atoms. The molecule has 1 fully saturated rings. The second-order valence-corrected chi connectivity index (χ2v) is 5.80. The van der Waals surface area contributed by atoms with Crippen molar-refractivity contribution in [1.29, 1.82) is 0 Å². The number of nitrogens with zero attached hydrogens (tertiary/aromatic N) is 1. The minimum absolute atomic E-state index is 0.00693. The van der Waals surface area contributed by atoms with Crippen LogP contribution in [0.5, 0.6) is 0 Å². The average molecular weight is 303 g/mol. The average Bonchev–Trinajstić information content (AvgIpc) is 2.92. The molecule has 0 amide bonds. The van der Waals surface area contributed by atoms with Crippen molar-refractivity contribution < 1.29 is 5.11 Å². The third kappa shape index (κ3) is 1.81. The van der Waals surface area contributed by atoms with Gasteiger partial charge in [-0.15, -0.1) is 0 Å². The molecule has 0 bridgehead atoms. The van der Waals surface area contributed by atoms with Gasteiger partial charge in [-0.3, -0.25) is 4.90 Å². The lowest BCUT2D eigenvalue weighted by atomic mass is 10.1. The molecule has 1 aliphatic heterocycles. The van der Waals surface area contributed by atoms with Gasteiger partial charge in [0.2, 0.25) is 0 Å². The predicted molar refractivity (Wildman–Crippen MR) is 65.4 cm³/mol. The second-order valence-electron chi connectivity index (χ2n) is 3.79. The zero-order valence-electron chi connectivity index (χ0n) is 8.15. The number of hydrogen-bond donors (Lipinski definition) is 1. The summed E-state index contributed by atoms with van der Waals surface area (Å²) in [6.07, 6.45) is 0. The summed E-state index contributed by atoms with van der Waals surface area (Å²) in [6, 6.07) is 10.8. The monoisotopic (exact) mass is 303 g/mol. The van der Waals surface area contributed by atoms with Gasteiger partial charge in [-0.2, -0.15) is 0 Å². The van der Waals surface area contributed by atoms with Crippen molar-refractivity contribution in [2.24, 2.45) is 0 Å². The van der Waals surface area contributed by atoms with Gasteiger partial charge >= 0.3 is 0 Å². The van der Waals surface area contributed by atoms with Crippen LogP contribution in [0.3, 0.4) is 0 Å². The molecule has 14 heavy (non-hydrogen) atoms. The number of alkyl halides is 1. The number of aliphatic hydroxyl groups is 1. The molecular formula is C11H14INO. The zero-order chi connectivity index (χ0) is 10.2. The van der Waals surface area contributed by atoms with E-state index in [2.05, 4.69) is 58.7 Å². The Morgan fingerprint density at radius 2 is 2.14 bits per heavy atom. The summed E-state index contributed by atoms with van der Waals surface area (Å²) in [7, 11) is 0. The van der Waals surface area contributed by atoms with Gasteiger partial charge in [-0.05, 0) is 12.5 Å². The van der Waals surface area contributed by atoms with Crippen LogP contribution in [0.15, 0.2) is 30.3 Å². The topological polar surface area (TPSA) is 23.2 Å². The highest BCUT2D eigenvalue weighted by atomic mass is 127. The highest BCUT2D eigenvalue weighted by molar-refractivity contribution is 14.1. The molecule has 2 rings (SSSR count). The van der Waals surface area contributed by atoms with Gasteiger partial charge in [0, 0.05) is 12.6 Å². The van der Waals surface area contributed by atoms with Crippen molar-refractivity contribution in [1.82, 2.24) is 4.90 Å². The van der Waals surface area contributed by atoms with E-state index in [-0.39, 0.29) is 10.2 Å². The maximum atomic E-state index is 9.18. The van der Waals surface area contributed by atoms with E-state index in [9.17, 15) is 5.11 Å². The van der Waals surface area contributed by atoms with Crippen LogP contribution in [-0.2, 0) is 0 Å². The number of rotatable bonds is 3. The van der Waals surface area contributed by atoms with E-state index in [1.54, 1.807) is 0 Å². The molecule has 1 aromatic rings. The molecule has 1 heterocycles. The van der Waals surface area contributed by atoms with Crippen LogP contribution >= 0.6 is 22.6 Å². The van der Waals surface area contributed by atoms with Crippen LogP contribution in [0.1, 0.15) is 18.5 Å². The van der Waals surface area contributed by atoms with Crippen molar-refractivity contribution in [3.05, 3.63) is 35.9 Å². The minimum atomic E-state index is -0.00693. The lowest BCUT2D eigenvalue weighted by Gasteiger charge is -2.16. The molecule has 0 aliphatic carbocycles. The summed E-state index contributed by atoms with van der Waals surface area (Å²) in [5.41, 5.74) is 1.32. The first-order valence-electron chi connectivity index (χ1n) is 4.79. The summed E-state index contributed by atoms with van der Waals surface area (Å²) >= 11 is 2.33. The SMILES string of the molecule is C[C@@H](c1ccccc1)[N@@]1CC1(I)CO. The largest absolute Gasteiger partial charge is 0.394 e. The van der Waals surface area contributed by atoms with Crippen LogP contribution in [0.2, 0.25) is 0 Å². The standard InChI is InChI=1S/C11H14INO/c1-9(10-5-3-2-4-6-10)13-7-11(13,12)8-14/h2-6,9,14H,7-8H2,1H3/t9-,11?,13+/m0/s1. The van der Waals surface area contributed by atoms with Gasteiger partial charge in [0.15, 0.2) is 0 Å². The van der Waals surface area contributed by atoms with Gasteiger partial charge in [-0.25, -0.2) is 0 Å². The lowest BCUT2D eigenvalue weighted by molar-refractivity contribution is 0.253. The third-order valence-electron chi connectivity index (χ3n) is 2.82. The normalized spacial score (nSPS) is 32.6. The van der Waals surface area contributed by atoms with Crippen LogP contribution in [0.4, 0.5) is 0 Å². The molecule has 0 radical (unpaired) electrons.